The van der Waals surface area contributed by atoms with E-state index in [1.54, 1.807) is 37.3 Å². The van der Waals surface area contributed by atoms with Crippen molar-refractivity contribution in [3.05, 3.63) is 66.2 Å². The molecule has 0 aromatic heterocycles. The Hall–Kier alpha value is -2.18. The highest BCUT2D eigenvalue weighted by Crippen LogP contribution is 2.45. The molecule has 2 aromatic rings. The summed E-state index contributed by atoms with van der Waals surface area (Å²) in [7, 11) is -4.04. The molecule has 0 amide bonds. The van der Waals surface area contributed by atoms with Gasteiger partial charge in [-0.15, -0.1) is 0 Å². The number of sulfone groups is 1. The standard InChI is InChI=1S/C20H22O5S/c1-15-18(12-13-21)20(19(22)25-15,14-16-8-4-2-5-9-16)26(23,24)17-10-6-3-7-11-17/h2-11,15,18,21H,12-14H2,1H3/t15-,18-,20+/m1/s1. The first-order valence-corrected chi connectivity index (χ1v) is 10.1. The van der Waals surface area contributed by atoms with Gasteiger partial charge in [0.1, 0.15) is 6.10 Å². The van der Waals surface area contributed by atoms with Gasteiger partial charge >= 0.3 is 5.97 Å². The third kappa shape index (κ3) is 2.93. The van der Waals surface area contributed by atoms with E-state index < -0.39 is 32.6 Å². The normalized spacial score (nSPS) is 25.8. The maximum Gasteiger partial charge on any atom is 0.328 e. The summed E-state index contributed by atoms with van der Waals surface area (Å²) in [6.07, 6.45) is -0.401. The van der Waals surface area contributed by atoms with E-state index in [0.29, 0.717) is 0 Å². The van der Waals surface area contributed by atoms with Crippen molar-refractivity contribution in [2.45, 2.75) is 35.5 Å². The Morgan fingerprint density at radius 1 is 1.04 bits per heavy atom. The molecule has 2 aromatic carbocycles. The van der Waals surface area contributed by atoms with Crippen LogP contribution in [0.2, 0.25) is 0 Å². The van der Waals surface area contributed by atoms with Gasteiger partial charge < -0.3 is 9.84 Å². The van der Waals surface area contributed by atoms with Crippen molar-refractivity contribution in [2.75, 3.05) is 6.61 Å². The van der Waals surface area contributed by atoms with Crippen molar-refractivity contribution >= 4 is 15.8 Å². The lowest BCUT2D eigenvalue weighted by Gasteiger charge is -2.31. The molecule has 1 saturated heterocycles. The number of hydrogen-bond acceptors (Lipinski definition) is 5. The summed E-state index contributed by atoms with van der Waals surface area (Å²) in [5.41, 5.74) is 0.737. The molecule has 138 valence electrons. The van der Waals surface area contributed by atoms with Crippen molar-refractivity contribution in [1.29, 1.82) is 0 Å². The van der Waals surface area contributed by atoms with E-state index in [1.165, 1.54) is 12.1 Å². The van der Waals surface area contributed by atoms with Crippen LogP contribution in [0, 0.1) is 5.92 Å². The Balaban J connectivity index is 2.21. The molecule has 0 radical (unpaired) electrons. The molecule has 1 heterocycles. The molecule has 1 aliphatic rings. The summed E-state index contributed by atoms with van der Waals surface area (Å²) < 4.78 is 30.9. The fourth-order valence-corrected chi connectivity index (χ4v) is 6.07. The van der Waals surface area contributed by atoms with Crippen LogP contribution in [0.3, 0.4) is 0 Å². The zero-order valence-electron chi connectivity index (χ0n) is 14.5. The second kappa shape index (κ2) is 7.21. The smallest absolute Gasteiger partial charge is 0.328 e. The average molecular weight is 374 g/mol. The predicted molar refractivity (Wildman–Crippen MR) is 97.3 cm³/mol. The Morgan fingerprint density at radius 2 is 1.62 bits per heavy atom. The Bertz CT molecular complexity index is 864. The van der Waals surface area contributed by atoms with E-state index in [9.17, 15) is 18.3 Å². The van der Waals surface area contributed by atoms with Gasteiger partial charge in [0.2, 0.25) is 0 Å². The molecule has 0 aliphatic carbocycles. The summed E-state index contributed by atoms with van der Waals surface area (Å²) in [5, 5.41) is 9.50. The summed E-state index contributed by atoms with van der Waals surface area (Å²) in [5.74, 6) is -1.37. The quantitative estimate of drug-likeness (QED) is 0.785. The minimum absolute atomic E-state index is 0.0128. The van der Waals surface area contributed by atoms with Crippen LogP contribution in [0.4, 0.5) is 0 Å². The molecule has 5 nitrogen and oxygen atoms in total. The SMILES string of the molecule is C[C@H]1OC(=O)[C@@](Cc2ccccc2)(S(=O)(=O)c2ccccc2)[C@@H]1CCO. The van der Waals surface area contributed by atoms with Crippen LogP contribution in [0.25, 0.3) is 0 Å². The van der Waals surface area contributed by atoms with Crippen LogP contribution in [0.5, 0.6) is 0 Å². The Morgan fingerprint density at radius 3 is 2.19 bits per heavy atom. The first kappa shape index (κ1) is 18.6. The number of carbonyl (C=O) groups is 1. The van der Waals surface area contributed by atoms with Gasteiger partial charge in [-0.2, -0.15) is 0 Å². The van der Waals surface area contributed by atoms with Crippen molar-refractivity contribution < 1.29 is 23.1 Å². The van der Waals surface area contributed by atoms with Crippen molar-refractivity contribution in [3.8, 4) is 0 Å². The molecular weight excluding hydrogens is 352 g/mol. The minimum atomic E-state index is -4.04. The highest BCUT2D eigenvalue weighted by atomic mass is 32.2. The minimum Gasteiger partial charge on any atom is -0.461 e. The van der Waals surface area contributed by atoms with Gasteiger partial charge in [0.15, 0.2) is 14.6 Å². The zero-order valence-corrected chi connectivity index (χ0v) is 15.4. The van der Waals surface area contributed by atoms with E-state index in [4.69, 9.17) is 4.74 Å². The molecule has 26 heavy (non-hydrogen) atoms. The summed E-state index contributed by atoms with van der Waals surface area (Å²) in [6, 6.07) is 17.0. The van der Waals surface area contributed by atoms with E-state index in [-0.39, 0.29) is 24.3 Å². The highest BCUT2D eigenvalue weighted by molar-refractivity contribution is 7.93. The molecule has 3 rings (SSSR count). The molecular formula is C20H22O5S. The van der Waals surface area contributed by atoms with Crippen molar-refractivity contribution in [1.82, 2.24) is 0 Å². The molecule has 1 aliphatic heterocycles. The summed E-state index contributed by atoms with van der Waals surface area (Å²) >= 11 is 0. The van der Waals surface area contributed by atoms with Crippen LogP contribution in [-0.2, 0) is 25.8 Å². The van der Waals surface area contributed by atoms with E-state index >= 15 is 0 Å². The van der Waals surface area contributed by atoms with Gasteiger partial charge in [0.05, 0.1) is 4.90 Å². The molecule has 0 spiro atoms. The monoisotopic (exact) mass is 374 g/mol. The van der Waals surface area contributed by atoms with E-state index in [2.05, 4.69) is 0 Å². The number of aliphatic hydroxyl groups excluding tert-OH is 1. The maximum atomic E-state index is 13.6. The van der Waals surface area contributed by atoms with Crippen LogP contribution < -0.4 is 0 Å². The summed E-state index contributed by atoms with van der Waals surface area (Å²) in [4.78, 5) is 13.0. The summed E-state index contributed by atoms with van der Waals surface area (Å²) in [6.45, 7) is 1.47. The lowest BCUT2D eigenvalue weighted by Crippen LogP contribution is -2.51. The number of carbonyl (C=O) groups excluding carboxylic acids is 1. The van der Waals surface area contributed by atoms with E-state index in [0.717, 1.165) is 5.56 Å². The van der Waals surface area contributed by atoms with Gasteiger partial charge in [-0.1, -0.05) is 48.5 Å². The zero-order chi connectivity index (χ0) is 18.8. The number of cyclic esters (lactones) is 1. The molecule has 3 atom stereocenters. The topological polar surface area (TPSA) is 80.7 Å². The fourth-order valence-electron chi connectivity index (χ4n) is 3.80. The van der Waals surface area contributed by atoms with Crippen molar-refractivity contribution in [3.63, 3.8) is 0 Å². The number of esters is 1. The van der Waals surface area contributed by atoms with Crippen LogP contribution in [-0.4, -0.2) is 37.0 Å². The second-order valence-electron chi connectivity index (χ2n) is 6.60. The molecule has 1 N–H and O–H groups in total. The van der Waals surface area contributed by atoms with Gasteiger partial charge in [-0.05, 0) is 31.0 Å². The van der Waals surface area contributed by atoms with Gasteiger partial charge in [0.25, 0.3) is 0 Å². The van der Waals surface area contributed by atoms with Gasteiger partial charge in [-0.3, -0.25) is 4.79 Å². The van der Waals surface area contributed by atoms with Gasteiger partial charge in [-0.25, -0.2) is 8.42 Å². The first-order chi connectivity index (χ1) is 12.4. The lowest BCUT2D eigenvalue weighted by molar-refractivity contribution is -0.142. The number of ether oxygens (including phenoxy) is 1. The van der Waals surface area contributed by atoms with Crippen LogP contribution in [0.1, 0.15) is 18.9 Å². The number of rotatable bonds is 6. The third-order valence-electron chi connectivity index (χ3n) is 5.09. The largest absolute Gasteiger partial charge is 0.461 e. The Kier molecular flexibility index (Phi) is 5.16. The lowest BCUT2D eigenvalue weighted by atomic mass is 9.83. The molecule has 0 saturated carbocycles. The number of aliphatic hydroxyl groups is 1. The second-order valence-corrected chi connectivity index (χ2v) is 8.80. The highest BCUT2D eigenvalue weighted by Gasteiger charge is 2.64. The van der Waals surface area contributed by atoms with Crippen LogP contribution >= 0.6 is 0 Å². The molecule has 1 fully saturated rings. The fraction of sp³-hybridized carbons (Fsp3) is 0.350. The molecule has 0 bridgehead atoms. The number of hydrogen-bond donors (Lipinski definition) is 1. The number of benzene rings is 2. The predicted octanol–water partition coefficient (Wildman–Crippen LogP) is 2.39. The first-order valence-electron chi connectivity index (χ1n) is 8.59. The Labute approximate surface area is 153 Å². The molecule has 6 heteroatoms. The third-order valence-corrected chi connectivity index (χ3v) is 7.55. The van der Waals surface area contributed by atoms with E-state index in [1.807, 2.05) is 18.2 Å². The van der Waals surface area contributed by atoms with Crippen LogP contribution in [0.15, 0.2) is 65.6 Å². The van der Waals surface area contributed by atoms with Crippen molar-refractivity contribution in [2.24, 2.45) is 5.92 Å². The molecule has 0 unspecified atom stereocenters. The average Bonchev–Trinajstić information content (AvgIpc) is 2.88. The van der Waals surface area contributed by atoms with Gasteiger partial charge in [0, 0.05) is 18.9 Å². The maximum absolute atomic E-state index is 13.6.